The number of benzene rings is 2. The smallest absolute Gasteiger partial charge is 0.194 e. The number of aryl methyl sites for hydroxylation is 2. The normalized spacial score (nSPS) is 10.7. The summed E-state index contributed by atoms with van der Waals surface area (Å²) in [6.07, 6.45) is 1.75. The third-order valence-electron chi connectivity index (χ3n) is 3.60. The topological polar surface area (TPSA) is 30.0 Å². The Morgan fingerprint density at radius 2 is 1.60 bits per heavy atom. The molecule has 3 aromatic rings. The van der Waals surface area contributed by atoms with Crippen molar-refractivity contribution in [2.24, 2.45) is 0 Å². The molecule has 20 heavy (non-hydrogen) atoms. The molecule has 0 fully saturated rings. The van der Waals surface area contributed by atoms with Gasteiger partial charge < -0.3 is 0 Å². The second-order valence-electron chi connectivity index (χ2n) is 4.97. The second-order valence-corrected chi connectivity index (χ2v) is 4.97. The molecule has 0 aliphatic rings. The molecule has 0 amide bonds. The molecule has 0 bridgehead atoms. The summed E-state index contributed by atoms with van der Waals surface area (Å²) in [5, 5.41) is 0.905. The van der Waals surface area contributed by atoms with Gasteiger partial charge in [-0.2, -0.15) is 0 Å². The van der Waals surface area contributed by atoms with Crippen molar-refractivity contribution < 1.29 is 4.79 Å². The van der Waals surface area contributed by atoms with E-state index in [1.807, 2.05) is 62.4 Å². The predicted molar refractivity (Wildman–Crippen MR) is 81.1 cm³/mol. The Morgan fingerprint density at radius 1 is 0.900 bits per heavy atom. The SMILES string of the molecule is Cc1cccc(C)c1C(=O)c1cccc2ncccc12. The first-order valence-electron chi connectivity index (χ1n) is 6.63. The summed E-state index contributed by atoms with van der Waals surface area (Å²) in [6.45, 7) is 3.95. The minimum atomic E-state index is 0.0687. The van der Waals surface area contributed by atoms with Gasteiger partial charge in [0.25, 0.3) is 0 Å². The van der Waals surface area contributed by atoms with Gasteiger partial charge in [-0.15, -0.1) is 0 Å². The first-order valence-corrected chi connectivity index (χ1v) is 6.63. The Kier molecular flexibility index (Phi) is 3.07. The van der Waals surface area contributed by atoms with Crippen LogP contribution in [0.15, 0.2) is 54.7 Å². The lowest BCUT2D eigenvalue weighted by molar-refractivity contribution is 0.103. The van der Waals surface area contributed by atoms with Gasteiger partial charge in [-0.05, 0) is 37.1 Å². The van der Waals surface area contributed by atoms with Crippen molar-refractivity contribution in [2.75, 3.05) is 0 Å². The molecule has 1 heterocycles. The van der Waals surface area contributed by atoms with Crippen molar-refractivity contribution in [1.82, 2.24) is 4.98 Å². The number of ketones is 1. The molecule has 0 atom stereocenters. The summed E-state index contributed by atoms with van der Waals surface area (Å²) in [4.78, 5) is 17.2. The highest BCUT2D eigenvalue weighted by atomic mass is 16.1. The highest BCUT2D eigenvalue weighted by molar-refractivity contribution is 6.17. The lowest BCUT2D eigenvalue weighted by atomic mass is 9.93. The standard InChI is InChI=1S/C18H15NO/c1-12-6-3-7-13(2)17(12)18(20)15-8-4-10-16-14(15)9-5-11-19-16/h3-11H,1-2H3. The van der Waals surface area contributed by atoms with Crippen LogP contribution in [0.4, 0.5) is 0 Å². The van der Waals surface area contributed by atoms with Gasteiger partial charge in [0, 0.05) is 22.7 Å². The van der Waals surface area contributed by atoms with Gasteiger partial charge in [0.2, 0.25) is 0 Å². The summed E-state index contributed by atoms with van der Waals surface area (Å²) in [5.74, 6) is 0.0687. The van der Waals surface area contributed by atoms with Crippen molar-refractivity contribution in [3.63, 3.8) is 0 Å². The van der Waals surface area contributed by atoms with Crippen LogP contribution >= 0.6 is 0 Å². The van der Waals surface area contributed by atoms with Gasteiger partial charge in [-0.1, -0.05) is 36.4 Å². The number of rotatable bonds is 2. The largest absolute Gasteiger partial charge is 0.289 e. The maximum Gasteiger partial charge on any atom is 0.194 e. The van der Waals surface area contributed by atoms with E-state index in [1.165, 1.54) is 0 Å². The van der Waals surface area contributed by atoms with Crippen LogP contribution in [0.5, 0.6) is 0 Å². The number of nitrogens with zero attached hydrogens (tertiary/aromatic N) is 1. The molecule has 2 nitrogen and oxygen atoms in total. The third-order valence-corrected chi connectivity index (χ3v) is 3.60. The van der Waals surface area contributed by atoms with Gasteiger partial charge in [0.15, 0.2) is 5.78 Å². The molecule has 3 rings (SSSR count). The predicted octanol–water partition coefficient (Wildman–Crippen LogP) is 4.08. The van der Waals surface area contributed by atoms with Crippen molar-refractivity contribution in [3.05, 3.63) is 77.0 Å². The summed E-state index contributed by atoms with van der Waals surface area (Å²) >= 11 is 0. The maximum absolute atomic E-state index is 12.9. The average molecular weight is 261 g/mol. The van der Waals surface area contributed by atoms with Crippen LogP contribution in [-0.2, 0) is 0 Å². The molecule has 1 aromatic heterocycles. The number of pyridine rings is 1. The first kappa shape index (κ1) is 12.5. The highest BCUT2D eigenvalue weighted by Crippen LogP contribution is 2.23. The van der Waals surface area contributed by atoms with E-state index in [4.69, 9.17) is 0 Å². The van der Waals surface area contributed by atoms with E-state index in [9.17, 15) is 4.79 Å². The van der Waals surface area contributed by atoms with E-state index in [-0.39, 0.29) is 5.78 Å². The zero-order valence-corrected chi connectivity index (χ0v) is 11.6. The van der Waals surface area contributed by atoms with E-state index < -0.39 is 0 Å². The molecule has 2 aromatic carbocycles. The van der Waals surface area contributed by atoms with E-state index in [1.54, 1.807) is 6.20 Å². The monoisotopic (exact) mass is 261 g/mol. The van der Waals surface area contributed by atoms with Gasteiger partial charge >= 0.3 is 0 Å². The van der Waals surface area contributed by atoms with Crippen molar-refractivity contribution >= 4 is 16.7 Å². The van der Waals surface area contributed by atoms with Crippen molar-refractivity contribution in [3.8, 4) is 0 Å². The average Bonchev–Trinajstić information content (AvgIpc) is 2.46. The summed E-state index contributed by atoms with van der Waals surface area (Å²) in [6, 6.07) is 15.4. The fraction of sp³-hybridized carbons (Fsp3) is 0.111. The number of hydrogen-bond donors (Lipinski definition) is 0. The Balaban J connectivity index is 2.24. The molecule has 0 radical (unpaired) electrons. The van der Waals surface area contributed by atoms with E-state index in [0.717, 1.165) is 27.6 Å². The molecular formula is C18H15NO. The van der Waals surface area contributed by atoms with Crippen LogP contribution in [-0.4, -0.2) is 10.8 Å². The Morgan fingerprint density at radius 3 is 2.35 bits per heavy atom. The number of carbonyl (C=O) groups excluding carboxylic acids is 1. The molecule has 0 spiro atoms. The fourth-order valence-electron chi connectivity index (χ4n) is 2.61. The maximum atomic E-state index is 12.9. The number of fused-ring (bicyclic) bond motifs is 1. The van der Waals surface area contributed by atoms with Crippen molar-refractivity contribution in [2.45, 2.75) is 13.8 Å². The summed E-state index contributed by atoms with van der Waals surface area (Å²) in [5.41, 5.74) is 4.38. The molecular weight excluding hydrogens is 246 g/mol. The molecule has 2 heteroatoms. The molecule has 0 N–H and O–H groups in total. The van der Waals surface area contributed by atoms with Crippen LogP contribution in [0.2, 0.25) is 0 Å². The van der Waals surface area contributed by atoms with Gasteiger partial charge in [-0.25, -0.2) is 0 Å². The molecule has 98 valence electrons. The molecule has 0 saturated carbocycles. The highest BCUT2D eigenvalue weighted by Gasteiger charge is 2.16. The lowest BCUT2D eigenvalue weighted by Gasteiger charge is -2.10. The molecule has 0 aliphatic heterocycles. The third kappa shape index (κ3) is 1.99. The Hall–Kier alpha value is -2.48. The molecule has 0 aliphatic carbocycles. The van der Waals surface area contributed by atoms with E-state index in [2.05, 4.69) is 4.98 Å². The minimum absolute atomic E-state index is 0.0687. The van der Waals surface area contributed by atoms with Gasteiger partial charge in [0.1, 0.15) is 0 Å². The summed E-state index contributed by atoms with van der Waals surface area (Å²) in [7, 11) is 0. The Labute approximate surface area is 118 Å². The second kappa shape index (κ2) is 4.89. The van der Waals surface area contributed by atoms with Gasteiger partial charge in [0.05, 0.1) is 5.52 Å². The fourth-order valence-corrected chi connectivity index (χ4v) is 2.61. The van der Waals surface area contributed by atoms with Crippen LogP contribution in [0, 0.1) is 13.8 Å². The van der Waals surface area contributed by atoms with Crippen LogP contribution in [0.3, 0.4) is 0 Å². The number of carbonyl (C=O) groups is 1. The van der Waals surface area contributed by atoms with E-state index >= 15 is 0 Å². The zero-order chi connectivity index (χ0) is 14.1. The number of hydrogen-bond acceptors (Lipinski definition) is 2. The summed E-state index contributed by atoms with van der Waals surface area (Å²) < 4.78 is 0. The quantitative estimate of drug-likeness (QED) is 0.650. The van der Waals surface area contributed by atoms with Gasteiger partial charge in [-0.3, -0.25) is 9.78 Å². The zero-order valence-electron chi connectivity index (χ0n) is 11.6. The first-order chi connectivity index (χ1) is 9.68. The molecule has 0 unspecified atom stereocenters. The van der Waals surface area contributed by atoms with Crippen molar-refractivity contribution in [1.29, 1.82) is 0 Å². The van der Waals surface area contributed by atoms with Crippen LogP contribution < -0.4 is 0 Å². The Bertz CT molecular complexity index is 780. The van der Waals surface area contributed by atoms with E-state index in [0.29, 0.717) is 5.56 Å². The number of aromatic nitrogens is 1. The minimum Gasteiger partial charge on any atom is -0.289 e. The van der Waals surface area contributed by atoms with Crippen LogP contribution in [0.1, 0.15) is 27.0 Å². The van der Waals surface area contributed by atoms with Crippen LogP contribution in [0.25, 0.3) is 10.9 Å². The molecule has 0 saturated heterocycles. The lowest BCUT2D eigenvalue weighted by Crippen LogP contribution is -2.07.